The first-order chi connectivity index (χ1) is 12.4. The Kier molecular flexibility index (Phi) is 5.17. The Morgan fingerprint density at radius 3 is 2.54 bits per heavy atom. The van der Waals surface area contributed by atoms with E-state index < -0.39 is 11.7 Å². The van der Waals surface area contributed by atoms with Crippen molar-refractivity contribution in [3.8, 4) is 0 Å². The molecule has 0 saturated carbocycles. The lowest BCUT2D eigenvalue weighted by Gasteiger charge is -2.33. The predicted octanol–water partition coefficient (Wildman–Crippen LogP) is 3.17. The number of nitrogens with zero attached hydrogens (tertiary/aromatic N) is 4. The van der Waals surface area contributed by atoms with Crippen molar-refractivity contribution in [2.75, 3.05) is 36.4 Å². The van der Waals surface area contributed by atoms with Gasteiger partial charge < -0.3 is 15.1 Å². The van der Waals surface area contributed by atoms with Crippen LogP contribution < -0.4 is 10.2 Å². The SMILES string of the molecule is O=CN1CCN(c2ccnc(Nc3cc(C(F)(F)F)ccc3Cl)n2)CC1. The summed E-state index contributed by atoms with van der Waals surface area (Å²) in [5, 5.41) is 2.87. The number of carbonyl (C=O) groups is 1. The fourth-order valence-corrected chi connectivity index (χ4v) is 2.72. The van der Waals surface area contributed by atoms with Crippen LogP contribution in [0, 0.1) is 0 Å². The molecule has 138 valence electrons. The molecule has 0 radical (unpaired) electrons. The molecule has 10 heteroatoms. The van der Waals surface area contributed by atoms with E-state index >= 15 is 0 Å². The molecule has 6 nitrogen and oxygen atoms in total. The summed E-state index contributed by atoms with van der Waals surface area (Å²) >= 11 is 5.98. The normalized spacial score (nSPS) is 15.1. The van der Waals surface area contributed by atoms with Crippen molar-refractivity contribution in [2.24, 2.45) is 0 Å². The third-order valence-electron chi connectivity index (χ3n) is 3.97. The molecule has 1 aromatic carbocycles. The molecule has 0 bridgehead atoms. The molecule has 1 aliphatic rings. The molecule has 0 atom stereocenters. The van der Waals surface area contributed by atoms with Crippen molar-refractivity contribution in [1.82, 2.24) is 14.9 Å². The first-order valence-electron chi connectivity index (χ1n) is 7.78. The zero-order valence-corrected chi connectivity index (χ0v) is 14.3. The van der Waals surface area contributed by atoms with Crippen molar-refractivity contribution in [3.63, 3.8) is 0 Å². The van der Waals surface area contributed by atoms with E-state index in [-0.39, 0.29) is 16.7 Å². The molecule has 0 unspecified atom stereocenters. The summed E-state index contributed by atoms with van der Waals surface area (Å²) in [6, 6.07) is 4.71. The molecule has 0 aliphatic carbocycles. The minimum absolute atomic E-state index is 0.0735. The maximum Gasteiger partial charge on any atom is 0.416 e. The zero-order valence-electron chi connectivity index (χ0n) is 13.5. The van der Waals surface area contributed by atoms with E-state index in [2.05, 4.69) is 15.3 Å². The Hall–Kier alpha value is -2.55. The highest BCUT2D eigenvalue weighted by Gasteiger charge is 2.31. The van der Waals surface area contributed by atoms with Crippen LogP contribution in [-0.2, 0) is 11.0 Å². The van der Waals surface area contributed by atoms with E-state index in [0.29, 0.717) is 32.0 Å². The third-order valence-corrected chi connectivity index (χ3v) is 4.30. The second-order valence-corrected chi connectivity index (χ2v) is 6.09. The minimum atomic E-state index is -4.47. The quantitative estimate of drug-likeness (QED) is 0.819. The van der Waals surface area contributed by atoms with E-state index in [4.69, 9.17) is 11.6 Å². The summed E-state index contributed by atoms with van der Waals surface area (Å²) in [4.78, 5) is 22.8. The molecule has 2 aromatic rings. The maximum absolute atomic E-state index is 12.9. The average molecular weight is 386 g/mol. The van der Waals surface area contributed by atoms with Gasteiger partial charge in [0, 0.05) is 32.4 Å². The highest BCUT2D eigenvalue weighted by molar-refractivity contribution is 6.33. The van der Waals surface area contributed by atoms with Crippen LogP contribution in [0.5, 0.6) is 0 Å². The second-order valence-electron chi connectivity index (χ2n) is 5.68. The van der Waals surface area contributed by atoms with E-state index in [9.17, 15) is 18.0 Å². The van der Waals surface area contributed by atoms with E-state index in [1.807, 2.05) is 4.90 Å². The molecule has 1 amide bonds. The molecule has 1 N–H and O–H groups in total. The molecule has 3 rings (SSSR count). The monoisotopic (exact) mass is 385 g/mol. The number of amides is 1. The number of benzene rings is 1. The summed E-state index contributed by atoms with van der Waals surface area (Å²) < 4.78 is 38.6. The number of alkyl halides is 3. The Bertz CT molecular complexity index is 794. The van der Waals surface area contributed by atoms with Gasteiger partial charge in [0.1, 0.15) is 5.82 Å². The fraction of sp³-hybridized carbons (Fsp3) is 0.312. The number of rotatable bonds is 4. The lowest BCUT2D eigenvalue weighted by Crippen LogP contribution is -2.46. The fourth-order valence-electron chi connectivity index (χ4n) is 2.56. The van der Waals surface area contributed by atoms with E-state index in [0.717, 1.165) is 18.5 Å². The lowest BCUT2D eigenvalue weighted by molar-refractivity contribution is -0.137. The second kappa shape index (κ2) is 7.36. The smallest absolute Gasteiger partial charge is 0.353 e. The topological polar surface area (TPSA) is 61.4 Å². The van der Waals surface area contributed by atoms with Gasteiger partial charge >= 0.3 is 6.18 Å². The first-order valence-corrected chi connectivity index (χ1v) is 8.16. The van der Waals surface area contributed by atoms with Gasteiger partial charge in [0.05, 0.1) is 16.3 Å². The standard InChI is InChI=1S/C16H15ClF3N5O/c17-12-2-1-11(16(18,19)20)9-13(12)22-15-21-4-3-14(23-15)25-7-5-24(10-26)6-8-25/h1-4,9-10H,5-8H2,(H,21,22,23). The number of hydrogen-bond donors (Lipinski definition) is 1. The predicted molar refractivity (Wildman–Crippen MR) is 91.6 cm³/mol. The Balaban J connectivity index is 1.78. The highest BCUT2D eigenvalue weighted by Crippen LogP contribution is 2.34. The third kappa shape index (κ3) is 4.16. The average Bonchev–Trinajstić information content (AvgIpc) is 2.63. The van der Waals surface area contributed by atoms with Crippen molar-refractivity contribution in [1.29, 1.82) is 0 Å². The van der Waals surface area contributed by atoms with Crippen molar-refractivity contribution < 1.29 is 18.0 Å². The molecule has 0 spiro atoms. The van der Waals surface area contributed by atoms with Crippen LogP contribution in [-0.4, -0.2) is 47.5 Å². The molecular weight excluding hydrogens is 371 g/mol. The summed E-state index contributed by atoms with van der Waals surface area (Å²) in [5.41, 5.74) is -0.741. The molecule has 1 saturated heterocycles. The van der Waals surface area contributed by atoms with Crippen LogP contribution in [0.2, 0.25) is 5.02 Å². The highest BCUT2D eigenvalue weighted by atomic mass is 35.5. The summed E-state index contributed by atoms with van der Waals surface area (Å²) in [5.74, 6) is 0.762. The van der Waals surface area contributed by atoms with Gasteiger partial charge in [0.25, 0.3) is 0 Å². The lowest BCUT2D eigenvalue weighted by atomic mass is 10.2. The zero-order chi connectivity index (χ0) is 18.7. The molecule has 1 fully saturated rings. The molecular formula is C16H15ClF3N5O. The molecule has 1 aromatic heterocycles. The van der Waals surface area contributed by atoms with Crippen molar-refractivity contribution in [3.05, 3.63) is 41.0 Å². The summed E-state index contributed by atoms with van der Waals surface area (Å²) in [6.45, 7) is 2.38. The number of aromatic nitrogens is 2. The minimum Gasteiger partial charge on any atom is -0.353 e. The van der Waals surface area contributed by atoms with E-state index in [1.54, 1.807) is 11.0 Å². The van der Waals surface area contributed by atoms with Crippen LogP contribution in [0.25, 0.3) is 0 Å². The van der Waals surface area contributed by atoms with Gasteiger partial charge in [-0.15, -0.1) is 0 Å². The van der Waals surface area contributed by atoms with Gasteiger partial charge in [-0.1, -0.05) is 11.6 Å². The number of anilines is 3. The Morgan fingerprint density at radius 1 is 1.15 bits per heavy atom. The van der Waals surface area contributed by atoms with Crippen LogP contribution in [0.1, 0.15) is 5.56 Å². The number of piperazine rings is 1. The van der Waals surface area contributed by atoms with Crippen LogP contribution in [0.15, 0.2) is 30.5 Å². The molecule has 1 aliphatic heterocycles. The Labute approximate surface area is 152 Å². The van der Waals surface area contributed by atoms with Crippen LogP contribution in [0.3, 0.4) is 0 Å². The van der Waals surface area contributed by atoms with E-state index in [1.165, 1.54) is 12.3 Å². The Morgan fingerprint density at radius 2 is 1.88 bits per heavy atom. The number of halogens is 4. The van der Waals surface area contributed by atoms with Gasteiger partial charge in [0.2, 0.25) is 12.4 Å². The van der Waals surface area contributed by atoms with Gasteiger partial charge in [-0.2, -0.15) is 18.2 Å². The van der Waals surface area contributed by atoms with Gasteiger partial charge in [-0.05, 0) is 24.3 Å². The van der Waals surface area contributed by atoms with Gasteiger partial charge in [-0.25, -0.2) is 4.98 Å². The van der Waals surface area contributed by atoms with Crippen molar-refractivity contribution in [2.45, 2.75) is 6.18 Å². The number of carbonyl (C=O) groups excluding carboxylic acids is 1. The number of hydrogen-bond acceptors (Lipinski definition) is 5. The van der Waals surface area contributed by atoms with Crippen LogP contribution >= 0.6 is 11.6 Å². The maximum atomic E-state index is 12.9. The van der Waals surface area contributed by atoms with Crippen LogP contribution in [0.4, 0.5) is 30.6 Å². The van der Waals surface area contributed by atoms with Gasteiger partial charge in [-0.3, -0.25) is 4.79 Å². The molecule has 26 heavy (non-hydrogen) atoms. The summed E-state index contributed by atoms with van der Waals surface area (Å²) in [6.07, 6.45) is -2.15. The first kappa shape index (κ1) is 18.2. The summed E-state index contributed by atoms with van der Waals surface area (Å²) in [7, 11) is 0. The van der Waals surface area contributed by atoms with Gasteiger partial charge in [0.15, 0.2) is 0 Å². The largest absolute Gasteiger partial charge is 0.416 e. The van der Waals surface area contributed by atoms with Crippen molar-refractivity contribution >= 4 is 35.5 Å². The molecule has 2 heterocycles. The number of nitrogens with one attached hydrogen (secondary N) is 1.